The Morgan fingerprint density at radius 1 is 1.73 bits per heavy atom. The van der Waals surface area contributed by atoms with Gasteiger partial charge in [-0.15, -0.1) is 0 Å². The number of ether oxygens (including phenoxy) is 1. The summed E-state index contributed by atoms with van der Waals surface area (Å²) in [5.74, 6) is -0.332. The lowest BCUT2D eigenvalue weighted by Gasteiger charge is -2.06. The molecule has 3 heteroatoms. The lowest BCUT2D eigenvalue weighted by Crippen LogP contribution is -2.23. The molecule has 0 amide bonds. The highest BCUT2D eigenvalue weighted by Gasteiger charge is 2.06. The smallest absolute Gasteiger partial charge is 0.334 e. The average molecular weight is 157 g/mol. The summed E-state index contributed by atoms with van der Waals surface area (Å²) < 4.78 is 4.74. The van der Waals surface area contributed by atoms with E-state index in [4.69, 9.17) is 10.5 Å². The molecular weight excluding hydrogens is 142 g/mol. The van der Waals surface area contributed by atoms with Crippen LogP contribution in [0.5, 0.6) is 0 Å². The summed E-state index contributed by atoms with van der Waals surface area (Å²) in [5, 5.41) is 0. The molecule has 0 aliphatic heterocycles. The molecule has 0 spiro atoms. The zero-order valence-corrected chi connectivity index (χ0v) is 7.26. The second-order valence-electron chi connectivity index (χ2n) is 2.41. The van der Waals surface area contributed by atoms with Crippen molar-refractivity contribution in [3.05, 3.63) is 11.6 Å². The van der Waals surface area contributed by atoms with E-state index in [1.807, 2.05) is 13.0 Å². The third-order valence-corrected chi connectivity index (χ3v) is 1.13. The lowest BCUT2D eigenvalue weighted by atomic mass is 10.2. The summed E-state index contributed by atoms with van der Waals surface area (Å²) >= 11 is 0. The van der Waals surface area contributed by atoms with Crippen LogP contribution in [0.1, 0.15) is 27.2 Å². The number of nitrogens with two attached hydrogens (primary N) is 1. The van der Waals surface area contributed by atoms with Gasteiger partial charge >= 0.3 is 5.97 Å². The van der Waals surface area contributed by atoms with E-state index in [0.717, 1.165) is 6.42 Å². The third-order valence-electron chi connectivity index (χ3n) is 1.13. The summed E-state index contributed by atoms with van der Waals surface area (Å²) in [6, 6.07) is 0. The first-order valence-corrected chi connectivity index (χ1v) is 3.71. The molecule has 3 nitrogen and oxygen atoms in total. The molecule has 0 saturated heterocycles. The Morgan fingerprint density at radius 3 is 2.64 bits per heavy atom. The molecule has 11 heavy (non-hydrogen) atoms. The van der Waals surface area contributed by atoms with Crippen LogP contribution in [0.25, 0.3) is 0 Å². The van der Waals surface area contributed by atoms with Gasteiger partial charge in [0.2, 0.25) is 0 Å². The third kappa shape index (κ3) is 4.56. The van der Waals surface area contributed by atoms with Crippen molar-refractivity contribution in [1.82, 2.24) is 0 Å². The second-order valence-corrected chi connectivity index (χ2v) is 2.41. The zero-order valence-electron chi connectivity index (χ0n) is 7.26. The van der Waals surface area contributed by atoms with Gasteiger partial charge in [-0.1, -0.05) is 13.0 Å². The minimum Gasteiger partial charge on any atom is -0.444 e. The van der Waals surface area contributed by atoms with Gasteiger partial charge in [0.05, 0.1) is 0 Å². The maximum atomic E-state index is 11.0. The molecule has 1 atom stereocenters. The molecule has 0 radical (unpaired) electrons. The summed E-state index contributed by atoms with van der Waals surface area (Å²) in [4.78, 5) is 11.0. The molecule has 0 aliphatic carbocycles. The highest BCUT2D eigenvalue weighted by Crippen LogP contribution is 1.99. The Bertz CT molecular complexity index is 161. The molecule has 1 unspecified atom stereocenters. The fourth-order valence-corrected chi connectivity index (χ4v) is 0.651. The van der Waals surface area contributed by atoms with E-state index in [0.29, 0.717) is 5.57 Å². The molecule has 0 rings (SSSR count). The molecule has 0 bridgehead atoms. The van der Waals surface area contributed by atoms with Crippen molar-refractivity contribution in [2.75, 3.05) is 0 Å². The summed E-state index contributed by atoms with van der Waals surface area (Å²) in [7, 11) is 0. The quantitative estimate of drug-likeness (QED) is 0.380. The number of carbonyl (C=O) groups is 1. The van der Waals surface area contributed by atoms with Gasteiger partial charge < -0.3 is 4.74 Å². The largest absolute Gasteiger partial charge is 0.444 e. The summed E-state index contributed by atoms with van der Waals surface area (Å²) in [6.07, 6.45) is 2.12. The van der Waals surface area contributed by atoms with Crippen LogP contribution < -0.4 is 5.73 Å². The molecule has 0 aromatic carbocycles. The Balaban J connectivity index is 3.93. The van der Waals surface area contributed by atoms with E-state index in [1.165, 1.54) is 0 Å². The second kappa shape index (κ2) is 4.91. The molecule has 2 N–H and O–H groups in total. The predicted molar refractivity (Wildman–Crippen MR) is 43.8 cm³/mol. The number of carbonyl (C=O) groups excluding carboxylic acids is 1. The van der Waals surface area contributed by atoms with Gasteiger partial charge in [0, 0.05) is 5.57 Å². The topological polar surface area (TPSA) is 52.3 Å². The van der Waals surface area contributed by atoms with E-state index in [2.05, 4.69) is 0 Å². The SMILES string of the molecule is CCC=C(C)C(=O)OC(C)N. The summed E-state index contributed by atoms with van der Waals surface area (Å²) in [5.41, 5.74) is 5.87. The van der Waals surface area contributed by atoms with Gasteiger partial charge in [-0.05, 0) is 20.3 Å². The lowest BCUT2D eigenvalue weighted by molar-refractivity contribution is -0.143. The van der Waals surface area contributed by atoms with Crippen molar-refractivity contribution >= 4 is 5.97 Å². The van der Waals surface area contributed by atoms with Gasteiger partial charge in [-0.3, -0.25) is 5.73 Å². The first-order valence-electron chi connectivity index (χ1n) is 3.71. The molecule has 0 saturated carbocycles. The van der Waals surface area contributed by atoms with Gasteiger partial charge in [-0.2, -0.15) is 0 Å². The highest BCUT2D eigenvalue weighted by molar-refractivity contribution is 5.87. The van der Waals surface area contributed by atoms with Crippen molar-refractivity contribution in [3.8, 4) is 0 Å². The number of rotatable bonds is 3. The van der Waals surface area contributed by atoms with E-state index in [9.17, 15) is 4.79 Å². The van der Waals surface area contributed by atoms with Crippen LogP contribution in [-0.4, -0.2) is 12.2 Å². The molecular formula is C8H15NO2. The number of hydrogen-bond donors (Lipinski definition) is 1. The van der Waals surface area contributed by atoms with Crippen LogP contribution in [0.15, 0.2) is 11.6 Å². The molecule has 0 fully saturated rings. The standard InChI is InChI=1S/C8H15NO2/c1-4-5-6(2)8(10)11-7(3)9/h5,7H,4,9H2,1-3H3. The Hall–Kier alpha value is -0.830. The van der Waals surface area contributed by atoms with Gasteiger partial charge in [0.1, 0.15) is 6.23 Å². The first-order chi connectivity index (χ1) is 5.07. The zero-order chi connectivity index (χ0) is 8.85. The molecule has 0 heterocycles. The molecule has 0 aliphatic rings. The number of esters is 1. The van der Waals surface area contributed by atoms with Crippen LogP contribution in [0.2, 0.25) is 0 Å². The van der Waals surface area contributed by atoms with Crippen LogP contribution in [0, 0.1) is 0 Å². The molecule has 0 aromatic heterocycles. The fraction of sp³-hybridized carbons (Fsp3) is 0.625. The normalized spacial score (nSPS) is 14.4. The van der Waals surface area contributed by atoms with Crippen LogP contribution in [0.4, 0.5) is 0 Å². The summed E-state index contributed by atoms with van der Waals surface area (Å²) in [6.45, 7) is 5.30. The van der Waals surface area contributed by atoms with Crippen LogP contribution in [0.3, 0.4) is 0 Å². The first kappa shape index (κ1) is 10.2. The van der Waals surface area contributed by atoms with Gasteiger partial charge in [0.15, 0.2) is 0 Å². The Kier molecular flexibility index (Phi) is 4.54. The van der Waals surface area contributed by atoms with Crippen molar-refractivity contribution < 1.29 is 9.53 Å². The fourth-order valence-electron chi connectivity index (χ4n) is 0.651. The van der Waals surface area contributed by atoms with Crippen molar-refractivity contribution in [3.63, 3.8) is 0 Å². The van der Waals surface area contributed by atoms with Gasteiger partial charge in [-0.25, -0.2) is 4.79 Å². The molecule has 0 aromatic rings. The van der Waals surface area contributed by atoms with E-state index in [1.54, 1.807) is 13.8 Å². The van der Waals surface area contributed by atoms with Crippen molar-refractivity contribution in [2.24, 2.45) is 5.73 Å². The Labute approximate surface area is 67.2 Å². The monoisotopic (exact) mass is 157 g/mol. The minimum atomic E-state index is -0.525. The maximum Gasteiger partial charge on any atom is 0.334 e. The average Bonchev–Trinajstić information content (AvgIpc) is 1.86. The van der Waals surface area contributed by atoms with Crippen LogP contribution >= 0.6 is 0 Å². The molecule has 64 valence electrons. The van der Waals surface area contributed by atoms with E-state index >= 15 is 0 Å². The van der Waals surface area contributed by atoms with E-state index < -0.39 is 6.23 Å². The minimum absolute atomic E-state index is 0.332. The number of hydrogen-bond acceptors (Lipinski definition) is 3. The maximum absolute atomic E-state index is 11.0. The van der Waals surface area contributed by atoms with Gasteiger partial charge in [0.25, 0.3) is 0 Å². The van der Waals surface area contributed by atoms with Crippen molar-refractivity contribution in [1.29, 1.82) is 0 Å². The van der Waals surface area contributed by atoms with Crippen molar-refractivity contribution in [2.45, 2.75) is 33.4 Å². The predicted octanol–water partition coefficient (Wildman–Crippen LogP) is 1.19. The van der Waals surface area contributed by atoms with Crippen LogP contribution in [-0.2, 0) is 9.53 Å². The Morgan fingerprint density at radius 2 is 2.27 bits per heavy atom. The van der Waals surface area contributed by atoms with E-state index in [-0.39, 0.29) is 5.97 Å². The number of allylic oxidation sites excluding steroid dienone is 1. The highest BCUT2D eigenvalue weighted by atomic mass is 16.6.